The Balaban J connectivity index is 1.06. The van der Waals surface area contributed by atoms with Crippen molar-refractivity contribution in [2.75, 3.05) is 26.4 Å². The Morgan fingerprint density at radius 3 is 2.45 bits per heavy atom. The summed E-state index contributed by atoms with van der Waals surface area (Å²) < 4.78 is 11.6. The van der Waals surface area contributed by atoms with Crippen LogP contribution in [0.25, 0.3) is 22.0 Å². The van der Waals surface area contributed by atoms with Crippen molar-refractivity contribution in [3.8, 4) is 11.1 Å². The van der Waals surface area contributed by atoms with E-state index in [1.807, 2.05) is 79.0 Å². The van der Waals surface area contributed by atoms with Crippen molar-refractivity contribution < 1.29 is 33.8 Å². The average molecular weight is 719 g/mol. The number of allylic oxidation sites excluding steroid dienone is 2. The molecule has 0 saturated carbocycles. The van der Waals surface area contributed by atoms with Gasteiger partial charge in [0.2, 0.25) is 11.8 Å². The molecule has 0 radical (unpaired) electrons. The van der Waals surface area contributed by atoms with Crippen LogP contribution in [0.2, 0.25) is 0 Å². The zero-order valence-corrected chi connectivity index (χ0v) is 29.7. The van der Waals surface area contributed by atoms with E-state index in [9.17, 15) is 24.3 Å². The summed E-state index contributed by atoms with van der Waals surface area (Å²) in [5.41, 5.74) is 6.30. The lowest BCUT2D eigenvalue weighted by molar-refractivity contribution is -0.147. The highest BCUT2D eigenvalue weighted by molar-refractivity contribution is 5.87. The summed E-state index contributed by atoms with van der Waals surface area (Å²) in [6.07, 6.45) is 7.78. The molecule has 0 unspecified atom stereocenters. The topological polar surface area (TPSA) is 150 Å². The highest BCUT2D eigenvalue weighted by Crippen LogP contribution is 2.44. The first kappa shape index (κ1) is 36.0. The molecular weight excluding hydrogens is 672 g/mol. The second-order valence-corrected chi connectivity index (χ2v) is 14.2. The van der Waals surface area contributed by atoms with Gasteiger partial charge in [0.15, 0.2) is 0 Å². The largest absolute Gasteiger partial charge is 0.462 e. The van der Waals surface area contributed by atoms with E-state index in [2.05, 4.69) is 27.8 Å². The number of alkyl carbamates (subject to hydrolysis) is 1. The fourth-order valence-corrected chi connectivity index (χ4v) is 7.96. The van der Waals surface area contributed by atoms with E-state index in [1.165, 1.54) is 0 Å². The first-order valence-corrected chi connectivity index (χ1v) is 18.6. The molecule has 1 aliphatic carbocycles. The number of amides is 3. The van der Waals surface area contributed by atoms with E-state index in [0.717, 1.165) is 51.6 Å². The molecule has 0 bridgehead atoms. The van der Waals surface area contributed by atoms with E-state index in [-0.39, 0.29) is 56.4 Å². The summed E-state index contributed by atoms with van der Waals surface area (Å²) in [7, 11) is 0. The van der Waals surface area contributed by atoms with Crippen LogP contribution in [0, 0.1) is 5.92 Å². The number of para-hydroxylation sites is 1. The third kappa shape index (κ3) is 8.15. The number of rotatable bonds is 8. The van der Waals surface area contributed by atoms with Crippen LogP contribution in [0.4, 0.5) is 4.79 Å². The minimum Gasteiger partial charge on any atom is -0.462 e. The number of aliphatic hydroxyl groups is 1. The quantitative estimate of drug-likeness (QED) is 0.141. The second-order valence-electron chi connectivity index (χ2n) is 14.2. The summed E-state index contributed by atoms with van der Waals surface area (Å²) in [4.78, 5) is 59.0. The highest BCUT2D eigenvalue weighted by atomic mass is 16.6. The Morgan fingerprint density at radius 1 is 0.943 bits per heavy atom. The molecule has 0 spiro atoms. The predicted molar refractivity (Wildman–Crippen MR) is 200 cm³/mol. The van der Waals surface area contributed by atoms with Gasteiger partial charge in [-0.25, -0.2) is 9.59 Å². The molecule has 4 N–H and O–H groups in total. The van der Waals surface area contributed by atoms with E-state index in [0.29, 0.717) is 25.8 Å². The van der Waals surface area contributed by atoms with Crippen molar-refractivity contribution in [3.05, 3.63) is 108 Å². The number of fused-ring (bicyclic) bond motifs is 4. The molecule has 11 nitrogen and oxygen atoms in total. The number of hydrogen-bond acceptors (Lipinski definition) is 7. The smallest absolute Gasteiger partial charge is 0.407 e. The van der Waals surface area contributed by atoms with Gasteiger partial charge in [-0.05, 0) is 72.4 Å². The monoisotopic (exact) mass is 718 g/mol. The van der Waals surface area contributed by atoms with Gasteiger partial charge in [-0.3, -0.25) is 9.59 Å². The zero-order valence-electron chi connectivity index (χ0n) is 29.7. The van der Waals surface area contributed by atoms with Crippen molar-refractivity contribution >= 4 is 34.8 Å². The fourth-order valence-electron chi connectivity index (χ4n) is 7.96. The molecule has 3 amide bonds. The molecule has 1 saturated heterocycles. The number of carbonyl (C=O) groups is 4. The minimum atomic E-state index is -0.983. The van der Waals surface area contributed by atoms with Crippen molar-refractivity contribution in [2.45, 2.75) is 69.0 Å². The number of nitrogens with zero attached hydrogens (tertiary/aromatic N) is 1. The number of carbonyl (C=O) groups excluding carboxylic acids is 4. The van der Waals surface area contributed by atoms with Gasteiger partial charge >= 0.3 is 12.1 Å². The Hall–Kier alpha value is -5.42. The number of aromatic amines is 1. The van der Waals surface area contributed by atoms with Gasteiger partial charge in [0.1, 0.15) is 19.3 Å². The number of esters is 1. The molecule has 1 fully saturated rings. The molecule has 7 rings (SSSR count). The van der Waals surface area contributed by atoms with E-state index >= 15 is 0 Å². The lowest BCUT2D eigenvalue weighted by Gasteiger charge is -2.26. The summed E-state index contributed by atoms with van der Waals surface area (Å²) in [5, 5.41) is 16.6. The average Bonchev–Trinajstić information content (AvgIpc) is 3.91. The molecule has 276 valence electrons. The Labute approximate surface area is 308 Å². The van der Waals surface area contributed by atoms with Gasteiger partial charge in [0.05, 0.1) is 24.6 Å². The van der Waals surface area contributed by atoms with Crippen LogP contribution in [0.1, 0.15) is 61.1 Å². The molecule has 11 heteroatoms. The Kier molecular flexibility index (Phi) is 11.2. The predicted octanol–water partition coefficient (Wildman–Crippen LogP) is 5.38. The van der Waals surface area contributed by atoms with Crippen molar-refractivity contribution in [3.63, 3.8) is 0 Å². The minimum absolute atomic E-state index is 0.00175. The van der Waals surface area contributed by atoms with Crippen LogP contribution in [0.3, 0.4) is 0 Å². The number of aromatic nitrogens is 1. The Bertz CT molecular complexity index is 1940. The number of cyclic esters (lactones) is 1. The van der Waals surface area contributed by atoms with E-state index < -0.39 is 30.1 Å². The lowest BCUT2D eigenvalue weighted by Crippen LogP contribution is -2.47. The normalized spacial score (nSPS) is 22.2. The van der Waals surface area contributed by atoms with Crippen molar-refractivity contribution in [2.24, 2.45) is 5.92 Å². The number of H-pyrrole nitrogens is 1. The maximum Gasteiger partial charge on any atom is 0.407 e. The summed E-state index contributed by atoms with van der Waals surface area (Å²) in [5.74, 6) is -1.88. The van der Waals surface area contributed by atoms with Crippen LogP contribution in [-0.2, 0) is 30.3 Å². The van der Waals surface area contributed by atoms with Crippen molar-refractivity contribution in [1.29, 1.82) is 0 Å². The van der Waals surface area contributed by atoms with E-state index in [1.54, 1.807) is 4.90 Å². The highest BCUT2D eigenvalue weighted by Gasteiger charge is 2.33. The summed E-state index contributed by atoms with van der Waals surface area (Å²) >= 11 is 0. The third-order valence-corrected chi connectivity index (χ3v) is 10.7. The Morgan fingerprint density at radius 2 is 1.68 bits per heavy atom. The first-order valence-electron chi connectivity index (χ1n) is 18.6. The first-order chi connectivity index (χ1) is 25.9. The number of hydrogen-bond donors (Lipinski definition) is 4. The molecule has 3 heterocycles. The molecule has 3 aliphatic rings. The maximum absolute atomic E-state index is 13.9. The molecule has 53 heavy (non-hydrogen) atoms. The van der Waals surface area contributed by atoms with Crippen LogP contribution in [-0.4, -0.2) is 83.4 Å². The van der Waals surface area contributed by atoms with Crippen LogP contribution in [0.15, 0.2) is 91.1 Å². The summed E-state index contributed by atoms with van der Waals surface area (Å²) in [6, 6.07) is 22.2. The number of nitrogens with one attached hydrogen (secondary N) is 3. The lowest BCUT2D eigenvalue weighted by atomic mass is 9.97. The van der Waals surface area contributed by atoms with Crippen LogP contribution in [0.5, 0.6) is 0 Å². The number of ether oxygens (including phenoxy) is 2. The van der Waals surface area contributed by atoms with Gasteiger partial charge < -0.3 is 35.1 Å². The third-order valence-electron chi connectivity index (χ3n) is 10.7. The van der Waals surface area contributed by atoms with Gasteiger partial charge in [-0.2, -0.15) is 0 Å². The van der Waals surface area contributed by atoms with Gasteiger partial charge in [0, 0.05) is 36.0 Å². The van der Waals surface area contributed by atoms with E-state index in [4.69, 9.17) is 9.47 Å². The van der Waals surface area contributed by atoms with Crippen LogP contribution >= 0.6 is 0 Å². The number of benzene rings is 3. The van der Waals surface area contributed by atoms with Gasteiger partial charge in [-0.1, -0.05) is 78.9 Å². The van der Waals surface area contributed by atoms with Crippen molar-refractivity contribution in [1.82, 2.24) is 20.5 Å². The maximum atomic E-state index is 13.9. The number of likely N-dealkylation sites (tertiary alicyclic amines) is 1. The molecule has 2 aliphatic heterocycles. The molecule has 4 atom stereocenters. The number of aliphatic hydroxyl groups excluding tert-OH is 1. The second kappa shape index (κ2) is 16.5. The molecule has 1 aromatic heterocycles. The summed E-state index contributed by atoms with van der Waals surface area (Å²) in [6.45, 7) is 0.424. The molecule has 4 aromatic rings. The van der Waals surface area contributed by atoms with Gasteiger partial charge in [0.25, 0.3) is 0 Å². The standard InChI is InChI=1S/C42H46N4O7/c47-24-30-12-10-20-46(30)39(48)22-27-11-2-1-3-19-38(41(50)52-25-29(44-40(27)49)21-28-23-43-37-18-9-8-13-31(28)37)45-42(51)53-26-36-34-16-6-4-14-32(34)33-15-5-7-17-35(33)36/h1-2,4-9,13-18,23,27,29-30,36,38,43,47H,3,10-12,19-22,24-26H2,(H,44,49)(H,45,51)/t27-,29+,30+,38+/m1/s1. The fraction of sp³-hybridized carbons (Fsp3) is 0.381. The molecule has 3 aromatic carbocycles. The van der Waals surface area contributed by atoms with Crippen LogP contribution < -0.4 is 10.6 Å². The SMILES string of the molecule is O=C(N[C@H]1CCC=CC[C@H](CC(=O)N2CCC[C@H]2CO)C(=O)N[C@@H](Cc2c[nH]c3ccccc23)COC1=O)OCC1c2ccccc2-c2ccccc21. The zero-order chi connectivity index (χ0) is 36.7. The molecular formula is C42H46N4O7. The van der Waals surface area contributed by atoms with Gasteiger partial charge in [-0.15, -0.1) is 0 Å².